The number of piperidine rings is 1. The van der Waals surface area contributed by atoms with E-state index in [9.17, 15) is 19.7 Å². The molecular formula is C19H22FN4O2Y-. The number of hydrogen-bond donors (Lipinski definition) is 2. The van der Waals surface area contributed by atoms with Gasteiger partial charge in [0.25, 0.3) is 0 Å². The quantitative estimate of drug-likeness (QED) is 0.537. The van der Waals surface area contributed by atoms with Crippen molar-refractivity contribution in [2.24, 2.45) is 5.73 Å². The van der Waals surface area contributed by atoms with Gasteiger partial charge in [0.05, 0.1) is 11.6 Å². The molecule has 6 nitrogen and oxygen atoms in total. The fourth-order valence-corrected chi connectivity index (χ4v) is 2.75. The Bertz CT molecular complexity index is 731. The minimum Gasteiger partial charge on any atom is -0.658 e. The third-order valence-corrected chi connectivity index (χ3v) is 4.32. The Morgan fingerprint density at radius 3 is 2.37 bits per heavy atom. The third-order valence-electron chi connectivity index (χ3n) is 4.32. The molecule has 2 aliphatic heterocycles. The molecule has 27 heavy (non-hydrogen) atoms. The molecule has 1 aromatic carbocycles. The molecule has 0 aromatic heterocycles. The number of carbonyl (C=O) groups excluding carboxylic acids is 1. The molecule has 3 rings (SSSR count). The van der Waals surface area contributed by atoms with Crippen molar-refractivity contribution in [1.29, 1.82) is 5.26 Å². The summed E-state index contributed by atoms with van der Waals surface area (Å²) in [6, 6.07) is 8.13. The average Bonchev–Trinajstić information content (AvgIpc) is 2.66. The standard InChI is InChI=1S/C13H13FN2O.C6H9N2O.Y/c14-12-3-1-10(2-4-12)13(9-15)11-5-7-16(17)8-6-11;7-6-1-2-8-3-5(6)4-9;/h1-4,17H,5-8H2;4H,1-3,7H2;/q;-1;. The number of carbonyl (C=O) groups is 1. The molecular weight excluding hydrogens is 424 g/mol. The predicted octanol–water partition coefficient (Wildman–Crippen LogP) is 2.76. The van der Waals surface area contributed by atoms with E-state index in [1.807, 2.05) is 0 Å². The second kappa shape index (κ2) is 12.1. The van der Waals surface area contributed by atoms with Crippen LogP contribution in [-0.2, 0) is 37.5 Å². The van der Waals surface area contributed by atoms with Gasteiger partial charge < -0.3 is 16.3 Å². The molecule has 2 heterocycles. The summed E-state index contributed by atoms with van der Waals surface area (Å²) in [5.74, 6) is -0.304. The summed E-state index contributed by atoms with van der Waals surface area (Å²) in [4.78, 5) is 10.2. The van der Waals surface area contributed by atoms with E-state index in [-0.39, 0.29) is 38.5 Å². The molecule has 2 aliphatic rings. The smallest absolute Gasteiger partial charge is 0.145 e. The van der Waals surface area contributed by atoms with Crippen LogP contribution < -0.4 is 5.73 Å². The molecule has 0 saturated carbocycles. The molecule has 141 valence electrons. The van der Waals surface area contributed by atoms with Crippen molar-refractivity contribution in [2.75, 3.05) is 26.2 Å². The van der Waals surface area contributed by atoms with Gasteiger partial charge in [-0.1, -0.05) is 12.1 Å². The molecule has 8 heteroatoms. The first-order chi connectivity index (χ1) is 12.5. The number of nitrogens with zero attached hydrogens (tertiary/aromatic N) is 3. The van der Waals surface area contributed by atoms with E-state index in [1.54, 1.807) is 12.1 Å². The molecule has 0 spiro atoms. The Morgan fingerprint density at radius 2 is 1.89 bits per heavy atom. The van der Waals surface area contributed by atoms with Crippen molar-refractivity contribution >= 4 is 11.9 Å². The number of rotatable bonds is 2. The van der Waals surface area contributed by atoms with Gasteiger partial charge in [-0.15, -0.1) is 13.1 Å². The zero-order valence-corrected chi connectivity index (χ0v) is 17.9. The van der Waals surface area contributed by atoms with Crippen LogP contribution in [0.15, 0.2) is 41.1 Å². The van der Waals surface area contributed by atoms with Gasteiger partial charge in [0.2, 0.25) is 0 Å². The maximum atomic E-state index is 12.8. The van der Waals surface area contributed by atoms with Gasteiger partial charge in [-0.3, -0.25) is 4.79 Å². The van der Waals surface area contributed by atoms with Crippen LogP contribution in [0.1, 0.15) is 24.8 Å². The van der Waals surface area contributed by atoms with Crippen LogP contribution in [0.25, 0.3) is 10.9 Å². The molecule has 0 bridgehead atoms. The number of hydrogen-bond acceptors (Lipinski definition) is 5. The van der Waals surface area contributed by atoms with E-state index in [1.165, 1.54) is 17.2 Å². The number of allylic oxidation sites excluding steroid dienone is 1. The van der Waals surface area contributed by atoms with Crippen molar-refractivity contribution in [2.45, 2.75) is 19.3 Å². The Morgan fingerprint density at radius 1 is 1.26 bits per heavy atom. The Hall–Kier alpha value is -1.43. The summed E-state index contributed by atoms with van der Waals surface area (Å²) < 4.78 is 12.8. The summed E-state index contributed by atoms with van der Waals surface area (Å²) in [6.45, 7) is 2.36. The molecule has 1 fully saturated rings. The second-order valence-electron chi connectivity index (χ2n) is 6.07. The summed E-state index contributed by atoms with van der Waals surface area (Å²) >= 11 is 0. The van der Waals surface area contributed by atoms with Crippen LogP contribution in [0.5, 0.6) is 0 Å². The first kappa shape index (κ1) is 23.6. The topological polar surface area (TPSA) is 104 Å². The van der Waals surface area contributed by atoms with Gasteiger partial charge in [-0.2, -0.15) is 10.3 Å². The van der Waals surface area contributed by atoms with Crippen LogP contribution in [0.3, 0.4) is 0 Å². The minimum atomic E-state index is -0.304. The van der Waals surface area contributed by atoms with Crippen LogP contribution in [0, 0.1) is 17.1 Å². The second-order valence-corrected chi connectivity index (χ2v) is 6.07. The van der Waals surface area contributed by atoms with E-state index < -0.39 is 0 Å². The third kappa shape index (κ3) is 7.25. The van der Waals surface area contributed by atoms with Crippen LogP contribution in [-0.4, -0.2) is 42.7 Å². The van der Waals surface area contributed by atoms with Gasteiger partial charge in [0, 0.05) is 51.5 Å². The van der Waals surface area contributed by atoms with E-state index in [2.05, 4.69) is 11.4 Å². The van der Waals surface area contributed by atoms with Crippen molar-refractivity contribution in [3.63, 3.8) is 0 Å². The first-order valence-electron chi connectivity index (χ1n) is 8.43. The van der Waals surface area contributed by atoms with Crippen LogP contribution in [0.2, 0.25) is 0 Å². The minimum absolute atomic E-state index is 0. The summed E-state index contributed by atoms with van der Waals surface area (Å²) in [5, 5.41) is 23.7. The monoisotopic (exact) mass is 446 g/mol. The maximum absolute atomic E-state index is 12.8. The van der Waals surface area contributed by atoms with Gasteiger partial charge in [0.1, 0.15) is 12.1 Å². The Kier molecular flexibility index (Phi) is 10.6. The van der Waals surface area contributed by atoms with E-state index in [0.29, 0.717) is 49.3 Å². The van der Waals surface area contributed by atoms with Gasteiger partial charge in [-0.05, 0) is 48.1 Å². The number of aldehydes is 1. The molecule has 0 aliphatic carbocycles. The summed E-state index contributed by atoms with van der Waals surface area (Å²) in [7, 11) is 0. The number of nitriles is 1. The van der Waals surface area contributed by atoms with Crippen molar-refractivity contribution in [3.8, 4) is 6.07 Å². The molecule has 0 atom stereocenters. The number of benzene rings is 1. The zero-order valence-electron chi connectivity index (χ0n) is 15.1. The van der Waals surface area contributed by atoms with E-state index in [4.69, 9.17) is 5.73 Å². The van der Waals surface area contributed by atoms with Gasteiger partial charge in [0.15, 0.2) is 0 Å². The largest absolute Gasteiger partial charge is 0.658 e. The zero-order chi connectivity index (χ0) is 18.9. The fourth-order valence-electron chi connectivity index (χ4n) is 2.75. The number of halogens is 1. The normalized spacial score (nSPS) is 17.1. The SMILES string of the molecule is N#CC(=C1CCN(O)CC1)c1ccc(F)cc1.NC1=C(C=O)C[N-]CC1.[Y]. The molecule has 1 radical (unpaired) electrons. The molecule has 1 saturated heterocycles. The van der Waals surface area contributed by atoms with Gasteiger partial charge in [-0.25, -0.2) is 4.39 Å². The molecule has 3 N–H and O–H groups in total. The Balaban J connectivity index is 0.000000310. The molecule has 1 aromatic rings. The summed E-state index contributed by atoms with van der Waals surface area (Å²) in [5.41, 5.74) is 9.23. The fraction of sp³-hybridized carbons (Fsp3) is 0.368. The predicted molar refractivity (Wildman–Crippen MR) is 96.5 cm³/mol. The number of nitrogens with two attached hydrogens (primary N) is 1. The number of hydroxylamine groups is 2. The van der Waals surface area contributed by atoms with E-state index in [0.717, 1.165) is 30.4 Å². The maximum Gasteiger partial charge on any atom is 0.145 e. The van der Waals surface area contributed by atoms with Crippen LogP contribution in [0.4, 0.5) is 4.39 Å². The van der Waals surface area contributed by atoms with E-state index >= 15 is 0 Å². The van der Waals surface area contributed by atoms with Crippen molar-refractivity contribution in [1.82, 2.24) is 5.06 Å². The van der Waals surface area contributed by atoms with Crippen molar-refractivity contribution < 1.29 is 47.1 Å². The van der Waals surface area contributed by atoms with Crippen LogP contribution >= 0.6 is 0 Å². The summed E-state index contributed by atoms with van der Waals surface area (Å²) in [6.07, 6.45) is 2.89. The first-order valence-corrected chi connectivity index (χ1v) is 8.43. The molecule has 0 unspecified atom stereocenters. The van der Waals surface area contributed by atoms with Gasteiger partial charge >= 0.3 is 0 Å². The Labute approximate surface area is 183 Å². The van der Waals surface area contributed by atoms with Crippen molar-refractivity contribution in [3.05, 3.63) is 57.8 Å². The average molecular weight is 446 g/mol. The molecule has 0 amide bonds.